The van der Waals surface area contributed by atoms with E-state index >= 15 is 0 Å². The largest absolute Gasteiger partial charge is 0.483 e. The van der Waals surface area contributed by atoms with Crippen LogP contribution in [0.4, 0.5) is 0 Å². The number of piperazine rings is 1. The maximum Gasteiger partial charge on any atom is 0.250 e. The summed E-state index contributed by atoms with van der Waals surface area (Å²) in [5.41, 5.74) is 2.60. The number of carbonyl (C=O) groups is 2. The summed E-state index contributed by atoms with van der Waals surface area (Å²) in [4.78, 5) is 34.4. The Morgan fingerprint density at radius 1 is 1.09 bits per heavy atom. The predicted octanol–water partition coefficient (Wildman–Crippen LogP) is 4.29. The quantitative estimate of drug-likeness (QED) is 0.658. The molecular weight excluding hydrogens is 414 g/mol. The van der Waals surface area contributed by atoms with Gasteiger partial charge in [0.1, 0.15) is 22.9 Å². The molecule has 2 atom stereocenters. The predicted molar refractivity (Wildman–Crippen MR) is 128 cm³/mol. The van der Waals surface area contributed by atoms with Crippen LogP contribution >= 0.6 is 0 Å². The Labute approximate surface area is 194 Å². The molecule has 2 fully saturated rings. The fourth-order valence-corrected chi connectivity index (χ4v) is 6.02. The highest BCUT2D eigenvalue weighted by atomic mass is 16.5. The third-order valence-corrected chi connectivity index (χ3v) is 7.91. The van der Waals surface area contributed by atoms with Gasteiger partial charge in [-0.3, -0.25) is 9.59 Å². The van der Waals surface area contributed by atoms with Crippen LogP contribution in [0.25, 0.3) is 17.0 Å². The van der Waals surface area contributed by atoms with Gasteiger partial charge in [-0.25, -0.2) is 0 Å². The van der Waals surface area contributed by atoms with Gasteiger partial charge < -0.3 is 19.5 Å². The van der Waals surface area contributed by atoms with Gasteiger partial charge in [0.25, 0.3) is 0 Å². The van der Waals surface area contributed by atoms with Crippen LogP contribution in [0.15, 0.2) is 30.5 Å². The summed E-state index contributed by atoms with van der Waals surface area (Å²) in [6.07, 6.45) is 10.2. The fraction of sp³-hybridized carbons (Fsp3) is 0.481. The average Bonchev–Trinajstić information content (AvgIpc) is 3.35. The van der Waals surface area contributed by atoms with E-state index < -0.39 is 5.54 Å². The number of benzene rings is 1. The van der Waals surface area contributed by atoms with Gasteiger partial charge in [-0.05, 0) is 51.3 Å². The zero-order valence-corrected chi connectivity index (χ0v) is 20.0. The van der Waals surface area contributed by atoms with Crippen molar-refractivity contribution in [2.24, 2.45) is 0 Å². The number of amides is 2. The number of aromatic nitrogens is 1. The average molecular weight is 446 g/mol. The lowest BCUT2D eigenvalue weighted by Crippen LogP contribution is -2.68. The SMILES string of the molecule is CC1(C)C=Cc2cc3c4c([nH]c3cc2O1)C(C)(C)/C=C\N1C(=O)[C@@H]2CCCN2C(=O)[C@]1(C)C4. The normalized spacial score (nSPS) is 30.2. The first kappa shape index (κ1) is 20.6. The van der Waals surface area contributed by atoms with E-state index in [-0.39, 0.29) is 28.9 Å². The number of nitrogens with one attached hydrogen (secondary N) is 1. The lowest BCUT2D eigenvalue weighted by atomic mass is 9.78. The molecule has 6 nitrogen and oxygen atoms in total. The van der Waals surface area contributed by atoms with Crippen molar-refractivity contribution in [1.29, 1.82) is 0 Å². The highest BCUT2D eigenvalue weighted by Gasteiger charge is 2.55. The Balaban J connectivity index is 1.56. The van der Waals surface area contributed by atoms with Crippen LogP contribution in [-0.4, -0.2) is 50.3 Å². The molecule has 5 heterocycles. The second kappa shape index (κ2) is 6.31. The Bertz CT molecular complexity index is 1280. The molecule has 2 saturated heterocycles. The summed E-state index contributed by atoms with van der Waals surface area (Å²) in [6.45, 7) is 11.0. The number of allylic oxidation sites excluding steroid dienone is 1. The molecule has 2 amide bonds. The van der Waals surface area contributed by atoms with Gasteiger partial charge in [0.2, 0.25) is 11.8 Å². The molecule has 1 aromatic heterocycles. The van der Waals surface area contributed by atoms with Crippen molar-refractivity contribution in [2.75, 3.05) is 6.54 Å². The second-order valence-corrected chi connectivity index (χ2v) is 11.3. The molecule has 33 heavy (non-hydrogen) atoms. The van der Waals surface area contributed by atoms with Crippen LogP contribution in [0.1, 0.15) is 64.3 Å². The standard InChI is InChI=1S/C27H31N3O3/c1-25(2)10-12-30-23(31)20-7-6-11-29(20)24(32)27(30,5)15-18-17-13-16-8-9-26(3,4)33-21(16)14-19(17)28-22(18)25/h8-10,12-14,20,28H,6-7,11,15H2,1-5H3/b12-10-/t20-,27-/m0/s1. The molecule has 172 valence electrons. The summed E-state index contributed by atoms with van der Waals surface area (Å²) < 4.78 is 6.21. The van der Waals surface area contributed by atoms with Crippen molar-refractivity contribution in [2.45, 2.75) is 76.5 Å². The third-order valence-electron chi connectivity index (χ3n) is 7.91. The Hall–Kier alpha value is -3.02. The van der Waals surface area contributed by atoms with Crippen LogP contribution in [-0.2, 0) is 21.4 Å². The maximum atomic E-state index is 13.8. The van der Waals surface area contributed by atoms with Gasteiger partial charge in [0.15, 0.2) is 0 Å². The van der Waals surface area contributed by atoms with Crippen molar-refractivity contribution in [3.05, 3.63) is 47.3 Å². The minimum atomic E-state index is -0.945. The monoisotopic (exact) mass is 445 g/mol. The van der Waals surface area contributed by atoms with Gasteiger partial charge in [-0.1, -0.05) is 26.0 Å². The Morgan fingerprint density at radius 3 is 2.67 bits per heavy atom. The van der Waals surface area contributed by atoms with Gasteiger partial charge in [0, 0.05) is 52.8 Å². The lowest BCUT2D eigenvalue weighted by molar-refractivity contribution is -0.163. The molecule has 6 heteroatoms. The minimum absolute atomic E-state index is 0.0425. The summed E-state index contributed by atoms with van der Waals surface area (Å²) in [7, 11) is 0. The topological polar surface area (TPSA) is 65.6 Å². The third kappa shape index (κ3) is 2.79. The van der Waals surface area contributed by atoms with E-state index in [1.165, 1.54) is 0 Å². The van der Waals surface area contributed by atoms with Gasteiger partial charge in [-0.15, -0.1) is 0 Å². The lowest BCUT2D eigenvalue weighted by Gasteiger charge is -2.49. The molecule has 0 spiro atoms. The molecule has 0 unspecified atom stereocenters. The van der Waals surface area contributed by atoms with Gasteiger partial charge in [0.05, 0.1) is 0 Å². The number of aromatic amines is 1. The minimum Gasteiger partial charge on any atom is -0.483 e. The molecule has 0 radical (unpaired) electrons. The van der Waals surface area contributed by atoms with Crippen LogP contribution in [0, 0.1) is 0 Å². The van der Waals surface area contributed by atoms with E-state index in [1.807, 2.05) is 31.9 Å². The van der Waals surface area contributed by atoms with Gasteiger partial charge in [-0.2, -0.15) is 0 Å². The first-order chi connectivity index (χ1) is 15.5. The highest BCUT2D eigenvalue weighted by Crippen LogP contribution is 2.44. The number of nitrogens with zero attached hydrogens (tertiary/aromatic N) is 2. The summed E-state index contributed by atoms with van der Waals surface area (Å²) in [5.74, 6) is 0.951. The number of hydrogen-bond acceptors (Lipinski definition) is 3. The van der Waals surface area contributed by atoms with Crippen molar-refractivity contribution >= 4 is 28.8 Å². The van der Waals surface area contributed by atoms with Crippen LogP contribution in [0.3, 0.4) is 0 Å². The number of ether oxygens (including phenoxy) is 1. The van der Waals surface area contributed by atoms with Gasteiger partial charge >= 0.3 is 0 Å². The molecule has 4 aliphatic heterocycles. The summed E-state index contributed by atoms with van der Waals surface area (Å²) in [5, 5.41) is 1.09. The zero-order chi connectivity index (χ0) is 23.3. The van der Waals surface area contributed by atoms with Crippen molar-refractivity contribution < 1.29 is 14.3 Å². The number of fused-ring (bicyclic) bond motifs is 6. The molecule has 0 aliphatic carbocycles. The second-order valence-electron chi connectivity index (χ2n) is 11.3. The van der Waals surface area contributed by atoms with E-state index in [0.717, 1.165) is 46.3 Å². The van der Waals surface area contributed by atoms with Crippen LogP contribution < -0.4 is 4.74 Å². The molecule has 1 aromatic carbocycles. The number of rotatable bonds is 0. The molecule has 6 rings (SSSR count). The van der Waals surface area contributed by atoms with E-state index in [1.54, 1.807) is 4.90 Å². The zero-order valence-electron chi connectivity index (χ0n) is 20.0. The molecule has 0 bridgehead atoms. The van der Waals surface area contributed by atoms with E-state index in [2.05, 4.69) is 49.2 Å². The van der Waals surface area contributed by atoms with Crippen molar-refractivity contribution in [3.8, 4) is 5.75 Å². The first-order valence-corrected chi connectivity index (χ1v) is 11.9. The number of hydrogen-bond donors (Lipinski definition) is 1. The smallest absolute Gasteiger partial charge is 0.250 e. The summed E-state index contributed by atoms with van der Waals surface area (Å²) >= 11 is 0. The molecule has 4 aliphatic rings. The van der Waals surface area contributed by atoms with Crippen LogP contribution in [0.5, 0.6) is 5.75 Å². The van der Waals surface area contributed by atoms with E-state index in [4.69, 9.17) is 4.74 Å². The molecule has 0 saturated carbocycles. The summed E-state index contributed by atoms with van der Waals surface area (Å²) in [6, 6.07) is 3.91. The van der Waals surface area contributed by atoms with E-state index in [9.17, 15) is 9.59 Å². The Morgan fingerprint density at radius 2 is 1.88 bits per heavy atom. The van der Waals surface area contributed by atoms with Crippen LogP contribution in [0.2, 0.25) is 0 Å². The van der Waals surface area contributed by atoms with Crippen molar-refractivity contribution in [1.82, 2.24) is 14.8 Å². The molecule has 1 N–H and O–H groups in total. The fourth-order valence-electron chi connectivity index (χ4n) is 6.02. The van der Waals surface area contributed by atoms with E-state index in [0.29, 0.717) is 13.0 Å². The first-order valence-electron chi connectivity index (χ1n) is 11.9. The number of H-pyrrole nitrogens is 1. The highest BCUT2D eigenvalue weighted by molar-refractivity contribution is 6.01. The van der Waals surface area contributed by atoms with Crippen molar-refractivity contribution in [3.63, 3.8) is 0 Å². The number of carbonyl (C=O) groups excluding carboxylic acids is 2. The maximum absolute atomic E-state index is 13.8. The Kier molecular flexibility index (Phi) is 3.93. The molecule has 2 aromatic rings. The molecular formula is C27H31N3O3.